The smallest absolute Gasteiger partial charge is 0.282 e. The molecule has 174 valence electrons. The zero-order valence-corrected chi connectivity index (χ0v) is 20.7. The van der Waals surface area contributed by atoms with Crippen molar-refractivity contribution in [2.75, 3.05) is 14.2 Å². The minimum absolute atomic E-state index is 0.235. The van der Waals surface area contributed by atoms with Gasteiger partial charge in [0.25, 0.3) is 5.56 Å². The lowest BCUT2D eigenvalue weighted by atomic mass is 10.2. The molecule has 0 atom stereocenters. The molecule has 0 aliphatic rings. The monoisotopic (exact) mass is 521 g/mol. The lowest BCUT2D eigenvalue weighted by Crippen LogP contribution is -2.22. The third-order valence-electron chi connectivity index (χ3n) is 5.22. The van der Waals surface area contributed by atoms with Crippen LogP contribution in [-0.2, 0) is 13.0 Å². The van der Waals surface area contributed by atoms with Crippen LogP contribution in [0.4, 0.5) is 0 Å². The maximum absolute atomic E-state index is 13.1. The largest absolute Gasteiger partial charge is 0.493 e. The number of methoxy groups -OCH3 is 2. The Hall–Kier alpha value is -3.65. The Balaban J connectivity index is 1.70. The molecule has 4 rings (SSSR count). The molecule has 0 N–H and O–H groups in total. The summed E-state index contributed by atoms with van der Waals surface area (Å²) < 4.78 is 19.2. The second kappa shape index (κ2) is 10.5. The number of hydrogen-bond acceptors (Lipinski definition) is 6. The average molecular weight is 522 g/mol. The van der Waals surface area contributed by atoms with Crippen LogP contribution < -0.4 is 19.8 Å². The van der Waals surface area contributed by atoms with E-state index in [-0.39, 0.29) is 5.56 Å². The Kier molecular flexibility index (Phi) is 7.27. The number of rotatable bonds is 8. The first kappa shape index (κ1) is 23.5. The first-order valence-electron chi connectivity index (χ1n) is 10.7. The summed E-state index contributed by atoms with van der Waals surface area (Å²) in [7, 11) is 3.13. The average Bonchev–Trinajstić information content (AvgIpc) is 2.87. The lowest BCUT2D eigenvalue weighted by molar-refractivity contribution is 0.266. The third-order valence-corrected chi connectivity index (χ3v) is 5.72. The fourth-order valence-corrected chi connectivity index (χ4v) is 3.87. The second-order valence-corrected chi connectivity index (χ2v) is 8.35. The first-order valence-corrected chi connectivity index (χ1v) is 11.5. The molecule has 0 aliphatic carbocycles. The first-order chi connectivity index (χ1) is 16.5. The summed E-state index contributed by atoms with van der Waals surface area (Å²) >= 11 is 3.41. The molecule has 4 aromatic rings. The van der Waals surface area contributed by atoms with E-state index in [4.69, 9.17) is 14.2 Å². The van der Waals surface area contributed by atoms with Gasteiger partial charge in [0.05, 0.1) is 31.3 Å². The number of ether oxygens (including phenoxy) is 3. The lowest BCUT2D eigenvalue weighted by Gasteiger charge is -2.15. The zero-order chi connectivity index (χ0) is 24.1. The van der Waals surface area contributed by atoms with Crippen LogP contribution in [0, 0.1) is 0 Å². The fourth-order valence-electron chi connectivity index (χ4n) is 3.51. The molecule has 34 heavy (non-hydrogen) atoms. The van der Waals surface area contributed by atoms with E-state index >= 15 is 0 Å². The van der Waals surface area contributed by atoms with E-state index in [1.165, 1.54) is 4.68 Å². The van der Waals surface area contributed by atoms with Crippen LogP contribution in [0.5, 0.6) is 17.2 Å². The Labute approximate surface area is 205 Å². The molecule has 8 heteroatoms. The standard InChI is InChI=1S/C26H24BrN3O4/c1-4-24-29-21-11-10-19(27)14-20(21)26(31)30(24)28-15-18-12-22(32-2)25(23(13-18)33-3)34-16-17-8-6-5-7-9-17/h5-15H,4,16H2,1-3H3. The Morgan fingerprint density at radius 2 is 1.74 bits per heavy atom. The van der Waals surface area contributed by atoms with Crippen molar-refractivity contribution < 1.29 is 14.2 Å². The Morgan fingerprint density at radius 3 is 2.38 bits per heavy atom. The van der Waals surface area contributed by atoms with E-state index in [0.29, 0.717) is 52.6 Å². The van der Waals surface area contributed by atoms with E-state index in [9.17, 15) is 4.79 Å². The molecule has 0 bridgehead atoms. The van der Waals surface area contributed by atoms with Crippen molar-refractivity contribution in [1.29, 1.82) is 0 Å². The number of fused-ring (bicyclic) bond motifs is 1. The van der Waals surface area contributed by atoms with Crippen molar-refractivity contribution >= 4 is 33.0 Å². The van der Waals surface area contributed by atoms with Crippen molar-refractivity contribution in [1.82, 2.24) is 9.66 Å². The second-order valence-electron chi connectivity index (χ2n) is 7.43. The van der Waals surface area contributed by atoms with E-state index in [2.05, 4.69) is 26.0 Å². The predicted molar refractivity (Wildman–Crippen MR) is 136 cm³/mol. The highest BCUT2D eigenvalue weighted by Crippen LogP contribution is 2.38. The van der Waals surface area contributed by atoms with Gasteiger partial charge in [-0.15, -0.1) is 0 Å². The van der Waals surface area contributed by atoms with Crippen molar-refractivity contribution in [3.05, 3.63) is 92.4 Å². The summed E-state index contributed by atoms with van der Waals surface area (Å²) in [5.41, 5.74) is 2.11. The maximum atomic E-state index is 13.1. The van der Waals surface area contributed by atoms with Crippen LogP contribution in [0.1, 0.15) is 23.9 Å². The molecule has 0 amide bonds. The van der Waals surface area contributed by atoms with Gasteiger partial charge in [0.15, 0.2) is 11.5 Å². The van der Waals surface area contributed by atoms with Crippen LogP contribution in [0.3, 0.4) is 0 Å². The molecule has 0 radical (unpaired) electrons. The molecular formula is C26H24BrN3O4. The SMILES string of the molecule is CCc1nc2ccc(Br)cc2c(=O)n1N=Cc1cc(OC)c(OCc2ccccc2)c(OC)c1. The predicted octanol–water partition coefficient (Wildman–Crippen LogP) is 5.20. The van der Waals surface area contributed by atoms with Crippen LogP contribution in [0.2, 0.25) is 0 Å². The number of nitrogens with zero attached hydrogens (tertiary/aromatic N) is 3. The molecule has 0 aliphatic heterocycles. The summed E-state index contributed by atoms with van der Waals surface area (Å²) in [6.45, 7) is 2.30. The van der Waals surface area contributed by atoms with Crippen molar-refractivity contribution in [3.8, 4) is 17.2 Å². The van der Waals surface area contributed by atoms with E-state index in [1.54, 1.807) is 38.6 Å². The van der Waals surface area contributed by atoms with Gasteiger partial charge < -0.3 is 14.2 Å². The number of aromatic nitrogens is 2. The minimum atomic E-state index is -0.235. The molecule has 1 aromatic heterocycles. The fraction of sp³-hybridized carbons (Fsp3) is 0.192. The molecule has 0 saturated heterocycles. The third kappa shape index (κ3) is 4.97. The highest BCUT2D eigenvalue weighted by molar-refractivity contribution is 9.10. The summed E-state index contributed by atoms with van der Waals surface area (Å²) in [5.74, 6) is 2.06. The molecule has 1 heterocycles. The molecule has 0 fully saturated rings. The molecule has 0 spiro atoms. The molecule has 0 unspecified atom stereocenters. The number of aryl methyl sites for hydroxylation is 1. The van der Waals surface area contributed by atoms with Gasteiger partial charge in [-0.1, -0.05) is 53.2 Å². The molecule has 7 nitrogen and oxygen atoms in total. The number of hydrogen-bond donors (Lipinski definition) is 0. The Bertz CT molecular complexity index is 1380. The van der Waals surface area contributed by atoms with Gasteiger partial charge in [-0.25, -0.2) is 4.98 Å². The maximum Gasteiger partial charge on any atom is 0.282 e. The van der Waals surface area contributed by atoms with Gasteiger partial charge in [0, 0.05) is 16.5 Å². The van der Waals surface area contributed by atoms with Gasteiger partial charge >= 0.3 is 0 Å². The van der Waals surface area contributed by atoms with Crippen molar-refractivity contribution in [2.24, 2.45) is 5.10 Å². The van der Waals surface area contributed by atoms with Crippen molar-refractivity contribution in [2.45, 2.75) is 20.0 Å². The summed E-state index contributed by atoms with van der Waals surface area (Å²) in [6.07, 6.45) is 2.13. The van der Waals surface area contributed by atoms with E-state index in [1.807, 2.05) is 49.4 Å². The van der Waals surface area contributed by atoms with Crippen molar-refractivity contribution in [3.63, 3.8) is 0 Å². The highest BCUT2D eigenvalue weighted by Gasteiger charge is 2.15. The Morgan fingerprint density at radius 1 is 1.03 bits per heavy atom. The van der Waals surface area contributed by atoms with E-state index in [0.717, 1.165) is 10.0 Å². The van der Waals surface area contributed by atoms with Crippen LogP contribution in [-0.4, -0.2) is 30.1 Å². The molecular weight excluding hydrogens is 498 g/mol. The quantitative estimate of drug-likeness (QED) is 0.298. The number of benzene rings is 3. The van der Waals surface area contributed by atoms with Gasteiger partial charge in [-0.05, 0) is 35.9 Å². The van der Waals surface area contributed by atoms with Crippen LogP contribution in [0.25, 0.3) is 10.9 Å². The molecule has 0 saturated carbocycles. The normalized spacial score (nSPS) is 11.2. The number of halogens is 1. The summed E-state index contributed by atoms with van der Waals surface area (Å²) in [4.78, 5) is 17.7. The van der Waals surface area contributed by atoms with Gasteiger partial charge in [-0.3, -0.25) is 4.79 Å². The van der Waals surface area contributed by atoms with E-state index < -0.39 is 0 Å². The van der Waals surface area contributed by atoms with Gasteiger partial charge in [-0.2, -0.15) is 9.78 Å². The van der Waals surface area contributed by atoms with Crippen LogP contribution >= 0.6 is 15.9 Å². The van der Waals surface area contributed by atoms with Crippen LogP contribution in [0.15, 0.2) is 75.0 Å². The van der Waals surface area contributed by atoms with Gasteiger partial charge in [0.1, 0.15) is 12.4 Å². The topological polar surface area (TPSA) is 74.9 Å². The highest BCUT2D eigenvalue weighted by atomic mass is 79.9. The summed E-state index contributed by atoms with van der Waals surface area (Å²) in [6, 6.07) is 18.8. The summed E-state index contributed by atoms with van der Waals surface area (Å²) in [5, 5.41) is 4.94. The molecule has 3 aromatic carbocycles. The minimum Gasteiger partial charge on any atom is -0.493 e. The zero-order valence-electron chi connectivity index (χ0n) is 19.1. The van der Waals surface area contributed by atoms with Gasteiger partial charge in [0.2, 0.25) is 5.75 Å².